The van der Waals surface area contributed by atoms with E-state index in [0.29, 0.717) is 36.1 Å². The molecule has 0 unspecified atom stereocenters. The van der Waals surface area contributed by atoms with Crippen LogP contribution >= 0.6 is 0 Å². The quantitative estimate of drug-likeness (QED) is 0.660. The summed E-state index contributed by atoms with van der Waals surface area (Å²) in [7, 11) is 1.56. The Balaban J connectivity index is 1.45. The molecule has 29 heavy (non-hydrogen) atoms. The second-order valence-corrected chi connectivity index (χ2v) is 6.90. The highest BCUT2D eigenvalue weighted by atomic mass is 19.4. The van der Waals surface area contributed by atoms with Crippen molar-refractivity contribution in [2.24, 2.45) is 0 Å². The number of ether oxygens (including phenoxy) is 2. The van der Waals surface area contributed by atoms with Crippen LogP contribution in [-0.4, -0.2) is 45.7 Å². The summed E-state index contributed by atoms with van der Waals surface area (Å²) < 4.78 is 51.2. The average Bonchev–Trinajstić information content (AvgIpc) is 3.12. The Kier molecular flexibility index (Phi) is 4.93. The minimum absolute atomic E-state index is 0.0391. The number of imidazole rings is 1. The molecule has 0 radical (unpaired) electrons. The number of aromatic nitrogens is 4. The first kappa shape index (κ1) is 19.3. The first-order valence-electron chi connectivity index (χ1n) is 9.18. The molecular weight excluding hydrogens is 387 g/mol. The molecule has 1 aliphatic heterocycles. The molecule has 0 aromatic carbocycles. The highest BCUT2D eigenvalue weighted by molar-refractivity contribution is 5.53. The van der Waals surface area contributed by atoms with Gasteiger partial charge in [0, 0.05) is 43.8 Å². The lowest BCUT2D eigenvalue weighted by Gasteiger charge is -2.33. The molecule has 1 saturated heterocycles. The van der Waals surface area contributed by atoms with Crippen LogP contribution in [0.4, 0.5) is 19.0 Å². The maximum absolute atomic E-state index is 13.1. The number of halogens is 3. The van der Waals surface area contributed by atoms with Crippen LogP contribution in [0.2, 0.25) is 0 Å². The third kappa shape index (κ3) is 3.92. The van der Waals surface area contributed by atoms with Crippen molar-refractivity contribution in [3.8, 4) is 11.6 Å². The molecule has 3 aromatic heterocycles. The van der Waals surface area contributed by atoms with Gasteiger partial charge in [0.15, 0.2) is 5.65 Å². The number of hydrogen-bond donors (Lipinski definition) is 0. The molecule has 0 saturated carbocycles. The summed E-state index contributed by atoms with van der Waals surface area (Å²) in [4.78, 5) is 14.1. The summed E-state index contributed by atoms with van der Waals surface area (Å²) in [6, 6.07) is 3.56. The third-order valence-corrected chi connectivity index (χ3v) is 4.89. The molecule has 0 atom stereocenters. The van der Waals surface area contributed by atoms with Crippen LogP contribution < -0.4 is 14.4 Å². The molecule has 154 valence electrons. The van der Waals surface area contributed by atoms with Gasteiger partial charge in [-0.2, -0.15) is 13.2 Å². The Morgan fingerprint density at radius 1 is 1.10 bits per heavy atom. The van der Waals surface area contributed by atoms with Gasteiger partial charge in [-0.05, 0) is 13.0 Å². The summed E-state index contributed by atoms with van der Waals surface area (Å²) >= 11 is 0. The van der Waals surface area contributed by atoms with E-state index in [0.717, 1.165) is 23.4 Å². The summed E-state index contributed by atoms with van der Waals surface area (Å²) in [6.45, 7) is 3.14. The first-order chi connectivity index (χ1) is 13.8. The van der Waals surface area contributed by atoms with E-state index in [9.17, 15) is 13.2 Å². The SMILES string of the molecule is COc1ccc(OC2CCN(c3nc4cnc(C(F)(F)F)n4cc3C)CC2)cn1. The molecule has 4 rings (SSSR count). The van der Waals surface area contributed by atoms with E-state index in [2.05, 4.69) is 19.9 Å². The second-order valence-electron chi connectivity index (χ2n) is 6.90. The van der Waals surface area contributed by atoms with Crippen molar-refractivity contribution in [2.75, 3.05) is 25.1 Å². The van der Waals surface area contributed by atoms with Gasteiger partial charge in [0.1, 0.15) is 17.7 Å². The van der Waals surface area contributed by atoms with Crippen LogP contribution in [0.5, 0.6) is 11.6 Å². The van der Waals surface area contributed by atoms with Gasteiger partial charge >= 0.3 is 6.18 Å². The second kappa shape index (κ2) is 7.41. The van der Waals surface area contributed by atoms with Crippen molar-refractivity contribution in [2.45, 2.75) is 32.0 Å². The third-order valence-electron chi connectivity index (χ3n) is 4.89. The number of methoxy groups -OCH3 is 1. The number of piperidine rings is 1. The van der Waals surface area contributed by atoms with Gasteiger partial charge in [0.2, 0.25) is 11.7 Å². The Labute approximate surface area is 165 Å². The lowest BCUT2D eigenvalue weighted by molar-refractivity contribution is -0.145. The molecule has 10 heteroatoms. The molecule has 1 aliphatic rings. The number of rotatable bonds is 4. The van der Waals surface area contributed by atoms with E-state index in [1.54, 1.807) is 26.3 Å². The lowest BCUT2D eigenvalue weighted by atomic mass is 10.1. The molecule has 0 spiro atoms. The highest BCUT2D eigenvalue weighted by Gasteiger charge is 2.36. The Hall–Kier alpha value is -3.04. The largest absolute Gasteiger partial charge is 0.489 e. The van der Waals surface area contributed by atoms with Crippen LogP contribution in [0.15, 0.2) is 30.7 Å². The maximum Gasteiger partial charge on any atom is 0.450 e. The van der Waals surface area contributed by atoms with Crippen LogP contribution in [-0.2, 0) is 6.18 Å². The zero-order chi connectivity index (χ0) is 20.6. The fourth-order valence-electron chi connectivity index (χ4n) is 3.47. The number of aryl methyl sites for hydroxylation is 1. The fraction of sp³-hybridized carbons (Fsp3) is 0.421. The van der Waals surface area contributed by atoms with Crippen LogP contribution in [0, 0.1) is 6.92 Å². The monoisotopic (exact) mass is 407 g/mol. The zero-order valence-corrected chi connectivity index (χ0v) is 16.0. The summed E-state index contributed by atoms with van der Waals surface area (Å²) in [6.07, 6.45) is 1.28. The Morgan fingerprint density at radius 2 is 1.86 bits per heavy atom. The van der Waals surface area contributed by atoms with E-state index in [1.807, 2.05) is 6.07 Å². The predicted octanol–water partition coefficient (Wildman–Crippen LogP) is 3.51. The minimum atomic E-state index is -4.52. The average molecular weight is 407 g/mol. The standard InChI is InChI=1S/C19H20F3N5O2/c1-12-11-27-15(10-24-18(27)19(20,21)22)25-17(12)26-7-5-13(6-8-26)29-14-3-4-16(28-2)23-9-14/h3-4,9-11,13H,5-8H2,1-2H3. The summed E-state index contributed by atoms with van der Waals surface area (Å²) in [5.74, 6) is 0.919. The van der Waals surface area contributed by atoms with E-state index in [1.165, 1.54) is 6.20 Å². The van der Waals surface area contributed by atoms with Crippen LogP contribution in [0.3, 0.4) is 0 Å². The molecule has 7 nitrogen and oxygen atoms in total. The molecular formula is C19H20F3N5O2. The number of alkyl halides is 3. The molecule has 1 fully saturated rings. The van der Waals surface area contributed by atoms with E-state index in [-0.39, 0.29) is 11.8 Å². The van der Waals surface area contributed by atoms with Crippen molar-refractivity contribution in [1.29, 1.82) is 0 Å². The predicted molar refractivity (Wildman–Crippen MR) is 99.4 cm³/mol. The van der Waals surface area contributed by atoms with Crippen LogP contribution in [0.1, 0.15) is 24.2 Å². The van der Waals surface area contributed by atoms with Crippen molar-refractivity contribution < 1.29 is 22.6 Å². The van der Waals surface area contributed by atoms with Gasteiger partial charge < -0.3 is 14.4 Å². The number of fused-ring (bicyclic) bond motifs is 1. The van der Waals surface area contributed by atoms with Crippen molar-refractivity contribution in [3.63, 3.8) is 0 Å². The topological polar surface area (TPSA) is 64.8 Å². The molecule has 4 heterocycles. The fourth-order valence-corrected chi connectivity index (χ4v) is 3.47. The Morgan fingerprint density at radius 3 is 2.48 bits per heavy atom. The first-order valence-corrected chi connectivity index (χ1v) is 9.18. The van der Waals surface area contributed by atoms with Crippen LogP contribution in [0.25, 0.3) is 5.65 Å². The summed E-state index contributed by atoms with van der Waals surface area (Å²) in [5.41, 5.74) is 0.848. The number of anilines is 1. The molecule has 0 amide bonds. The van der Waals surface area contributed by atoms with Gasteiger partial charge in [0.25, 0.3) is 0 Å². The Bertz CT molecular complexity index is 995. The van der Waals surface area contributed by atoms with Gasteiger partial charge in [-0.15, -0.1) is 0 Å². The van der Waals surface area contributed by atoms with Crippen molar-refractivity contribution in [3.05, 3.63) is 42.1 Å². The van der Waals surface area contributed by atoms with Crippen molar-refractivity contribution in [1.82, 2.24) is 19.4 Å². The molecule has 0 N–H and O–H groups in total. The van der Waals surface area contributed by atoms with Gasteiger partial charge in [-0.3, -0.25) is 4.40 Å². The van der Waals surface area contributed by atoms with Gasteiger partial charge in [0.05, 0.1) is 19.5 Å². The number of pyridine rings is 1. The van der Waals surface area contributed by atoms with E-state index in [4.69, 9.17) is 9.47 Å². The maximum atomic E-state index is 13.1. The minimum Gasteiger partial charge on any atom is -0.489 e. The molecule has 3 aromatic rings. The van der Waals surface area contributed by atoms with E-state index >= 15 is 0 Å². The zero-order valence-electron chi connectivity index (χ0n) is 16.0. The number of hydrogen-bond acceptors (Lipinski definition) is 6. The number of nitrogens with zero attached hydrogens (tertiary/aromatic N) is 5. The molecule has 0 bridgehead atoms. The lowest BCUT2D eigenvalue weighted by Crippen LogP contribution is -2.39. The smallest absolute Gasteiger partial charge is 0.450 e. The highest BCUT2D eigenvalue weighted by Crippen LogP contribution is 2.30. The summed E-state index contributed by atoms with van der Waals surface area (Å²) in [5, 5.41) is 0. The normalized spacial score (nSPS) is 15.7. The molecule has 0 aliphatic carbocycles. The van der Waals surface area contributed by atoms with Gasteiger partial charge in [-0.1, -0.05) is 0 Å². The van der Waals surface area contributed by atoms with Crippen molar-refractivity contribution >= 4 is 11.5 Å². The van der Waals surface area contributed by atoms with Gasteiger partial charge in [-0.25, -0.2) is 15.0 Å². The van der Waals surface area contributed by atoms with E-state index < -0.39 is 12.0 Å².